The van der Waals surface area contributed by atoms with Crippen LogP contribution in [0.5, 0.6) is 0 Å². The first-order valence-corrected chi connectivity index (χ1v) is 6.75. The largest absolute Gasteiger partial charge is 0.522 e. The summed E-state index contributed by atoms with van der Waals surface area (Å²) in [5.41, 5.74) is 9.77. The summed E-state index contributed by atoms with van der Waals surface area (Å²) >= 11 is 0. The Morgan fingerprint density at radius 3 is 2.19 bits per heavy atom. The summed E-state index contributed by atoms with van der Waals surface area (Å²) in [6, 6.07) is 0. The summed E-state index contributed by atoms with van der Waals surface area (Å²) in [6.07, 6.45) is -3.81. The molecule has 0 heterocycles. The maximum Gasteiger partial charge on any atom is 0.522 e. The summed E-state index contributed by atoms with van der Waals surface area (Å²) in [5, 5.41) is 0. The van der Waals surface area contributed by atoms with E-state index in [1.165, 1.54) is 0 Å². The van der Waals surface area contributed by atoms with Crippen LogP contribution in [0.4, 0.5) is 13.2 Å². The Morgan fingerprint density at radius 2 is 1.71 bits per heavy atom. The SMILES string of the molecule is NC12CC(C(=O)NNC(=O)[C@H]3C[C@@H](OC(F)(F)F)C3)(C1)C2. The van der Waals surface area contributed by atoms with Gasteiger partial charge in [-0.2, -0.15) is 0 Å². The molecule has 4 saturated carbocycles. The van der Waals surface area contributed by atoms with Gasteiger partial charge >= 0.3 is 6.36 Å². The topological polar surface area (TPSA) is 93.5 Å². The lowest BCUT2D eigenvalue weighted by atomic mass is 9.39. The molecule has 118 valence electrons. The number of carbonyl (C=O) groups excluding carboxylic acids is 2. The number of alkyl halides is 3. The fourth-order valence-corrected chi connectivity index (χ4v) is 3.53. The maximum absolute atomic E-state index is 11.9. The Balaban J connectivity index is 1.36. The van der Waals surface area contributed by atoms with Crippen LogP contribution in [0.1, 0.15) is 32.1 Å². The van der Waals surface area contributed by atoms with Gasteiger partial charge in [-0.1, -0.05) is 0 Å². The van der Waals surface area contributed by atoms with Crippen molar-refractivity contribution in [3.63, 3.8) is 0 Å². The third-order valence-electron chi connectivity index (χ3n) is 4.62. The molecule has 0 aliphatic heterocycles. The van der Waals surface area contributed by atoms with Crippen LogP contribution in [0.15, 0.2) is 0 Å². The van der Waals surface area contributed by atoms with Gasteiger partial charge in [0, 0.05) is 11.5 Å². The lowest BCUT2D eigenvalue weighted by Crippen LogP contribution is -2.77. The van der Waals surface area contributed by atoms with Crippen molar-refractivity contribution in [1.82, 2.24) is 10.9 Å². The number of hydrogen-bond donors (Lipinski definition) is 3. The van der Waals surface area contributed by atoms with Crippen molar-refractivity contribution in [2.45, 2.75) is 50.1 Å². The Bertz CT molecular complexity index is 468. The van der Waals surface area contributed by atoms with Crippen LogP contribution in [0.3, 0.4) is 0 Å². The van der Waals surface area contributed by atoms with Crippen molar-refractivity contribution in [3.05, 3.63) is 0 Å². The highest BCUT2D eigenvalue weighted by Crippen LogP contribution is 2.65. The molecular formula is C12H16F3N3O3. The van der Waals surface area contributed by atoms with Crippen LogP contribution in [-0.4, -0.2) is 29.8 Å². The first kappa shape index (κ1) is 14.6. The molecule has 9 heteroatoms. The van der Waals surface area contributed by atoms with Crippen molar-refractivity contribution in [3.8, 4) is 0 Å². The molecule has 4 N–H and O–H groups in total. The molecule has 2 amide bonds. The van der Waals surface area contributed by atoms with E-state index in [0.717, 1.165) is 0 Å². The minimum Gasteiger partial charge on any atom is -0.325 e. The normalized spacial score (nSPS) is 40.4. The lowest BCUT2D eigenvalue weighted by molar-refractivity contribution is -0.353. The zero-order valence-corrected chi connectivity index (χ0v) is 11.1. The minimum absolute atomic E-state index is 0.00172. The molecular weight excluding hydrogens is 291 g/mol. The van der Waals surface area contributed by atoms with E-state index in [1.54, 1.807) is 0 Å². The van der Waals surface area contributed by atoms with Crippen molar-refractivity contribution in [1.29, 1.82) is 0 Å². The predicted molar refractivity (Wildman–Crippen MR) is 63.1 cm³/mol. The van der Waals surface area contributed by atoms with Crippen molar-refractivity contribution < 1.29 is 27.5 Å². The molecule has 0 aromatic heterocycles. The van der Waals surface area contributed by atoms with Gasteiger partial charge in [-0.3, -0.25) is 25.2 Å². The summed E-state index contributed by atoms with van der Waals surface area (Å²) < 4.78 is 39.6. The number of amides is 2. The van der Waals surface area contributed by atoms with Crippen molar-refractivity contribution in [2.75, 3.05) is 0 Å². The monoisotopic (exact) mass is 307 g/mol. The maximum atomic E-state index is 11.9. The van der Waals surface area contributed by atoms with Gasteiger partial charge in [0.15, 0.2) is 0 Å². The number of carbonyl (C=O) groups is 2. The van der Waals surface area contributed by atoms with E-state index in [9.17, 15) is 22.8 Å². The summed E-state index contributed by atoms with van der Waals surface area (Å²) in [4.78, 5) is 23.5. The van der Waals surface area contributed by atoms with Gasteiger partial charge in [0.2, 0.25) is 11.8 Å². The number of rotatable bonds is 3. The highest BCUT2D eigenvalue weighted by atomic mass is 19.4. The highest BCUT2D eigenvalue weighted by Gasteiger charge is 2.69. The Morgan fingerprint density at radius 1 is 1.14 bits per heavy atom. The van der Waals surface area contributed by atoms with E-state index in [2.05, 4.69) is 15.6 Å². The van der Waals surface area contributed by atoms with E-state index in [-0.39, 0.29) is 24.3 Å². The summed E-state index contributed by atoms with van der Waals surface area (Å²) in [6.45, 7) is 0. The Labute approximate surface area is 118 Å². The molecule has 0 spiro atoms. The Kier molecular flexibility index (Phi) is 3.00. The van der Waals surface area contributed by atoms with E-state index >= 15 is 0 Å². The van der Waals surface area contributed by atoms with E-state index in [0.29, 0.717) is 19.3 Å². The number of ether oxygens (including phenoxy) is 1. The van der Waals surface area contributed by atoms with Gasteiger partial charge < -0.3 is 5.73 Å². The molecule has 4 aliphatic rings. The molecule has 0 unspecified atom stereocenters. The number of hydrazine groups is 1. The molecule has 0 aromatic rings. The van der Waals surface area contributed by atoms with Crippen molar-refractivity contribution in [2.24, 2.45) is 17.1 Å². The van der Waals surface area contributed by atoms with Crippen LogP contribution in [0, 0.1) is 11.3 Å². The highest BCUT2D eigenvalue weighted by molar-refractivity contribution is 5.89. The van der Waals surface area contributed by atoms with Crippen molar-refractivity contribution >= 4 is 11.8 Å². The Hall–Kier alpha value is -1.35. The number of nitrogens with one attached hydrogen (secondary N) is 2. The second kappa shape index (κ2) is 4.33. The first-order chi connectivity index (χ1) is 9.61. The van der Waals surface area contributed by atoms with E-state index in [4.69, 9.17) is 5.73 Å². The third-order valence-corrected chi connectivity index (χ3v) is 4.62. The molecule has 0 saturated heterocycles. The predicted octanol–water partition coefficient (Wildman–Crippen LogP) is 0.330. The molecule has 6 nitrogen and oxygen atoms in total. The standard InChI is InChI=1S/C12H16F3N3O3/c13-12(14,15)21-7-1-6(2-7)8(19)17-18-9(20)10-3-11(16,4-10)5-10/h6-7H,1-5,16H2,(H,17,19)(H,18,20)/t6-,7+,10?,11?. The van der Waals surface area contributed by atoms with Crippen LogP contribution in [-0.2, 0) is 14.3 Å². The van der Waals surface area contributed by atoms with E-state index < -0.39 is 29.7 Å². The molecule has 4 aliphatic carbocycles. The molecule has 4 rings (SSSR count). The minimum atomic E-state index is -4.68. The molecule has 0 aromatic carbocycles. The van der Waals surface area contributed by atoms with Gasteiger partial charge in [0.05, 0.1) is 11.5 Å². The summed E-state index contributed by atoms with van der Waals surface area (Å²) in [5.74, 6) is -1.32. The van der Waals surface area contributed by atoms with Gasteiger partial charge in [0.25, 0.3) is 0 Å². The molecule has 2 bridgehead atoms. The lowest BCUT2D eigenvalue weighted by Gasteiger charge is -2.67. The molecule has 21 heavy (non-hydrogen) atoms. The smallest absolute Gasteiger partial charge is 0.325 e. The zero-order valence-electron chi connectivity index (χ0n) is 11.1. The van der Waals surface area contributed by atoms with E-state index in [1.807, 2.05) is 0 Å². The molecule has 0 radical (unpaired) electrons. The zero-order chi connectivity index (χ0) is 15.5. The average molecular weight is 307 g/mol. The molecule has 0 atom stereocenters. The first-order valence-electron chi connectivity index (χ1n) is 6.75. The average Bonchev–Trinajstić information content (AvgIpc) is 2.23. The van der Waals surface area contributed by atoms with Crippen LogP contribution in [0.25, 0.3) is 0 Å². The molecule has 4 fully saturated rings. The quantitative estimate of drug-likeness (QED) is 0.655. The third kappa shape index (κ3) is 2.59. The van der Waals surface area contributed by atoms with Crippen LogP contribution in [0.2, 0.25) is 0 Å². The number of halogens is 3. The van der Waals surface area contributed by atoms with Gasteiger partial charge in [0.1, 0.15) is 0 Å². The van der Waals surface area contributed by atoms with Crippen LogP contribution < -0.4 is 16.6 Å². The fourth-order valence-electron chi connectivity index (χ4n) is 3.53. The second-order valence-corrected chi connectivity index (χ2v) is 6.47. The van der Waals surface area contributed by atoms with Gasteiger partial charge in [-0.25, -0.2) is 0 Å². The summed E-state index contributed by atoms with van der Waals surface area (Å²) in [7, 11) is 0. The second-order valence-electron chi connectivity index (χ2n) is 6.47. The van der Waals surface area contributed by atoms with Gasteiger partial charge in [-0.05, 0) is 32.1 Å². The number of hydrogen-bond acceptors (Lipinski definition) is 4. The van der Waals surface area contributed by atoms with Crippen LogP contribution >= 0.6 is 0 Å². The fraction of sp³-hybridized carbons (Fsp3) is 0.833. The number of nitrogens with two attached hydrogens (primary N) is 1. The van der Waals surface area contributed by atoms with Gasteiger partial charge in [-0.15, -0.1) is 13.2 Å².